The molecule has 0 radical (unpaired) electrons. The van der Waals surface area contributed by atoms with Crippen LogP contribution < -0.4 is 5.32 Å². The topological polar surface area (TPSA) is 85.8 Å². The minimum Gasteiger partial charge on any atom is -0.493 e. The van der Waals surface area contributed by atoms with Crippen molar-refractivity contribution >= 4 is 11.9 Å². The highest BCUT2D eigenvalue weighted by molar-refractivity contribution is 5.94. The van der Waals surface area contributed by atoms with Crippen LogP contribution in [0, 0.1) is 12.7 Å². The third-order valence-electron chi connectivity index (χ3n) is 7.34. The van der Waals surface area contributed by atoms with E-state index in [1.54, 1.807) is 6.92 Å². The first kappa shape index (κ1) is 31.6. The molecular formula is C29H27F7N4O3. The molecule has 1 fully saturated rings. The summed E-state index contributed by atoms with van der Waals surface area (Å²) in [4.78, 5) is 32.8. The number of pyridine rings is 1. The second-order valence-electron chi connectivity index (χ2n) is 10.2. The number of benzene rings is 2. The molecular weight excluding hydrogens is 585 g/mol. The van der Waals surface area contributed by atoms with E-state index in [0.717, 1.165) is 17.2 Å². The van der Waals surface area contributed by atoms with Crippen LogP contribution in [0.2, 0.25) is 0 Å². The summed E-state index contributed by atoms with van der Waals surface area (Å²) in [6.07, 6.45) is -8.96. The van der Waals surface area contributed by atoms with Crippen molar-refractivity contribution < 1.29 is 45.4 Å². The van der Waals surface area contributed by atoms with Crippen molar-refractivity contribution in [2.45, 2.75) is 50.7 Å². The van der Waals surface area contributed by atoms with Crippen LogP contribution in [0.25, 0.3) is 0 Å². The van der Waals surface area contributed by atoms with Crippen LogP contribution in [0.1, 0.15) is 57.1 Å². The van der Waals surface area contributed by atoms with Crippen LogP contribution >= 0.6 is 0 Å². The number of aromatic hydroxyl groups is 1. The fourth-order valence-corrected chi connectivity index (χ4v) is 5.28. The first-order valence-electron chi connectivity index (χ1n) is 13.1. The Morgan fingerprint density at radius 3 is 2.21 bits per heavy atom. The molecule has 0 bridgehead atoms. The summed E-state index contributed by atoms with van der Waals surface area (Å²) < 4.78 is 95.5. The Bertz CT molecular complexity index is 1460. The van der Waals surface area contributed by atoms with Gasteiger partial charge in [0.1, 0.15) is 5.82 Å². The number of piperidine rings is 1. The van der Waals surface area contributed by atoms with Gasteiger partial charge in [0.25, 0.3) is 5.91 Å². The van der Waals surface area contributed by atoms with E-state index < -0.39 is 71.3 Å². The van der Waals surface area contributed by atoms with Gasteiger partial charge in [-0.3, -0.25) is 4.79 Å². The number of nitrogens with one attached hydrogen (secondary N) is 1. The number of nitrogens with zero attached hydrogens (tertiary/aromatic N) is 3. The van der Waals surface area contributed by atoms with Crippen LogP contribution in [-0.4, -0.2) is 51.5 Å². The van der Waals surface area contributed by atoms with Gasteiger partial charge >= 0.3 is 18.4 Å². The zero-order chi connectivity index (χ0) is 31.7. The normalized spacial score (nSPS) is 17.5. The van der Waals surface area contributed by atoms with Gasteiger partial charge in [-0.25, -0.2) is 14.2 Å². The molecule has 2 heterocycles. The van der Waals surface area contributed by atoms with E-state index in [4.69, 9.17) is 0 Å². The van der Waals surface area contributed by atoms with Crippen molar-refractivity contribution in [2.75, 3.05) is 13.6 Å². The molecule has 0 aliphatic carbocycles. The average Bonchev–Trinajstić information content (AvgIpc) is 2.94. The maximum Gasteiger partial charge on any atom is 0.416 e. The molecule has 1 aliphatic heterocycles. The Morgan fingerprint density at radius 2 is 1.67 bits per heavy atom. The Morgan fingerprint density at radius 1 is 1.02 bits per heavy atom. The molecule has 2 aromatic carbocycles. The Hall–Kier alpha value is -4.36. The van der Waals surface area contributed by atoms with Crippen molar-refractivity contribution in [1.29, 1.82) is 0 Å². The van der Waals surface area contributed by atoms with E-state index in [1.807, 2.05) is 0 Å². The molecule has 3 aromatic rings. The van der Waals surface area contributed by atoms with Gasteiger partial charge in [-0.2, -0.15) is 26.3 Å². The molecule has 2 N–H and O–H groups in total. The van der Waals surface area contributed by atoms with Crippen LogP contribution in [0.15, 0.2) is 54.7 Å². The highest BCUT2D eigenvalue weighted by atomic mass is 19.4. The van der Waals surface area contributed by atoms with E-state index in [9.17, 15) is 45.4 Å². The maximum atomic E-state index is 13.9. The number of aryl methyl sites for hydroxylation is 1. The van der Waals surface area contributed by atoms with Gasteiger partial charge in [-0.1, -0.05) is 6.07 Å². The molecule has 2 atom stereocenters. The molecule has 0 saturated carbocycles. The number of amides is 3. The molecule has 7 nitrogen and oxygen atoms in total. The van der Waals surface area contributed by atoms with Gasteiger partial charge in [0.2, 0.25) is 5.88 Å². The fourth-order valence-electron chi connectivity index (χ4n) is 5.28. The van der Waals surface area contributed by atoms with Gasteiger partial charge in [0.05, 0.1) is 22.7 Å². The molecule has 4 rings (SSSR count). The second-order valence-corrected chi connectivity index (χ2v) is 10.2. The lowest BCUT2D eigenvalue weighted by Crippen LogP contribution is -2.51. The molecule has 230 valence electrons. The maximum absolute atomic E-state index is 13.9. The third kappa shape index (κ3) is 7.17. The number of rotatable bonds is 5. The zero-order valence-corrected chi connectivity index (χ0v) is 22.9. The van der Waals surface area contributed by atoms with Gasteiger partial charge in [-0.15, -0.1) is 0 Å². The van der Waals surface area contributed by atoms with Crippen molar-refractivity contribution in [3.8, 4) is 5.88 Å². The molecule has 0 spiro atoms. The van der Waals surface area contributed by atoms with Crippen LogP contribution in [-0.2, 0) is 18.9 Å². The number of likely N-dealkylation sites (tertiary alicyclic amines) is 1. The summed E-state index contributed by atoms with van der Waals surface area (Å²) in [6, 6.07) is 5.51. The van der Waals surface area contributed by atoms with E-state index >= 15 is 0 Å². The quantitative estimate of drug-likeness (QED) is 0.324. The van der Waals surface area contributed by atoms with Crippen molar-refractivity contribution in [3.05, 3.63) is 93.9 Å². The lowest BCUT2D eigenvalue weighted by Gasteiger charge is -2.44. The smallest absolute Gasteiger partial charge is 0.416 e. The number of halogens is 7. The number of alkyl halides is 6. The van der Waals surface area contributed by atoms with Crippen LogP contribution in [0.4, 0.5) is 35.5 Å². The van der Waals surface area contributed by atoms with Gasteiger partial charge < -0.3 is 20.2 Å². The fraction of sp³-hybridized carbons (Fsp3) is 0.345. The predicted octanol–water partition coefficient (Wildman–Crippen LogP) is 6.46. The summed E-state index contributed by atoms with van der Waals surface area (Å²) in [5.74, 6) is -1.67. The third-order valence-corrected chi connectivity index (χ3v) is 7.34. The van der Waals surface area contributed by atoms with E-state index in [2.05, 4.69) is 10.3 Å². The van der Waals surface area contributed by atoms with Gasteiger partial charge in [-0.05, 0) is 72.9 Å². The second kappa shape index (κ2) is 12.1. The highest BCUT2D eigenvalue weighted by Crippen LogP contribution is 2.39. The number of urea groups is 1. The predicted molar refractivity (Wildman–Crippen MR) is 140 cm³/mol. The van der Waals surface area contributed by atoms with Crippen molar-refractivity contribution in [3.63, 3.8) is 0 Å². The summed E-state index contributed by atoms with van der Waals surface area (Å²) in [5, 5.41) is 12.1. The Kier molecular flexibility index (Phi) is 8.88. The van der Waals surface area contributed by atoms with Gasteiger partial charge in [0.15, 0.2) is 0 Å². The molecule has 1 aromatic heterocycles. The number of hydrogen-bond donors (Lipinski definition) is 2. The van der Waals surface area contributed by atoms with E-state index in [1.165, 1.54) is 36.2 Å². The van der Waals surface area contributed by atoms with E-state index in [-0.39, 0.29) is 31.0 Å². The largest absolute Gasteiger partial charge is 0.493 e. The molecule has 3 amide bonds. The standard InChI is InChI=1S/C29H27F7N4O3/c1-16-9-21(30)4-5-23(16)24-13-22(7-8-39(24)27(43)37-2)40(26(42)18-3-6-25(41)38-14-18)15-17-10-19(28(31,32)33)12-20(11-17)29(34,35)36/h3-6,9-12,14,22,24H,7-8,13,15H2,1-2H3,(H,37,43)(H,38,41)/t22-,24+/m0/s1. The molecule has 0 unspecified atom stereocenters. The Labute approximate surface area is 241 Å². The Balaban J connectivity index is 1.80. The lowest BCUT2D eigenvalue weighted by atomic mass is 9.88. The van der Waals surface area contributed by atoms with Crippen LogP contribution in [0.3, 0.4) is 0 Å². The zero-order valence-electron chi connectivity index (χ0n) is 22.9. The summed E-state index contributed by atoms with van der Waals surface area (Å²) >= 11 is 0. The minimum atomic E-state index is -5.09. The number of carbonyl (C=O) groups excluding carboxylic acids is 2. The first-order chi connectivity index (χ1) is 20.1. The summed E-state index contributed by atoms with van der Waals surface area (Å²) in [5.41, 5.74) is -2.45. The SMILES string of the molecule is CNC(=O)N1CC[C@H](N(Cc2cc(C(F)(F)F)cc(C(F)(F)F)c2)C(=O)c2ccc(O)nc2)C[C@@H]1c1ccc(F)cc1C. The number of aromatic nitrogens is 1. The number of carbonyl (C=O) groups is 2. The van der Waals surface area contributed by atoms with Crippen molar-refractivity contribution in [1.82, 2.24) is 20.1 Å². The lowest BCUT2D eigenvalue weighted by molar-refractivity contribution is -0.143. The molecule has 43 heavy (non-hydrogen) atoms. The molecule has 1 saturated heterocycles. The summed E-state index contributed by atoms with van der Waals surface area (Å²) in [6.45, 7) is 1.07. The number of hydrogen-bond acceptors (Lipinski definition) is 4. The van der Waals surface area contributed by atoms with Gasteiger partial charge in [0, 0.05) is 38.4 Å². The van der Waals surface area contributed by atoms with Crippen LogP contribution in [0.5, 0.6) is 5.88 Å². The minimum absolute atomic E-state index is 0.00867. The highest BCUT2D eigenvalue weighted by Gasteiger charge is 2.40. The molecule has 1 aliphatic rings. The first-order valence-corrected chi connectivity index (χ1v) is 13.1. The molecule has 14 heteroatoms. The monoisotopic (exact) mass is 612 g/mol. The summed E-state index contributed by atoms with van der Waals surface area (Å²) in [7, 11) is 1.42. The van der Waals surface area contributed by atoms with Crippen molar-refractivity contribution in [2.24, 2.45) is 0 Å². The average molecular weight is 613 g/mol. The van der Waals surface area contributed by atoms with E-state index in [0.29, 0.717) is 23.3 Å².